The van der Waals surface area contributed by atoms with Crippen molar-refractivity contribution in [2.75, 3.05) is 45.2 Å². The summed E-state index contributed by atoms with van der Waals surface area (Å²) in [6.45, 7) is 4.61. The van der Waals surface area contributed by atoms with Crippen LogP contribution in [0.5, 0.6) is 11.5 Å². The molecule has 1 aliphatic rings. The van der Waals surface area contributed by atoms with Gasteiger partial charge < -0.3 is 19.7 Å². The summed E-state index contributed by atoms with van der Waals surface area (Å²) in [7, 11) is 1.61. The van der Waals surface area contributed by atoms with Gasteiger partial charge in [0, 0.05) is 55.5 Å². The molecule has 0 bridgehead atoms. The second-order valence-electron chi connectivity index (χ2n) is 8.63. The van der Waals surface area contributed by atoms with Crippen LogP contribution in [-0.2, 0) is 17.9 Å². The maximum atomic E-state index is 13.4. The Labute approximate surface area is 216 Å². The Morgan fingerprint density at radius 3 is 2.63 bits per heavy atom. The fraction of sp³-hybridized carbons (Fsp3) is 0.321. The quantitative estimate of drug-likeness (QED) is 0.469. The monoisotopic (exact) mass is 537 g/mol. The molecular weight excluding hydrogens is 506 g/mol. The van der Waals surface area contributed by atoms with E-state index in [0.717, 1.165) is 48.3 Å². The molecular formula is C28H32BrN3O3. The van der Waals surface area contributed by atoms with E-state index in [2.05, 4.69) is 62.5 Å². The molecule has 0 aliphatic carbocycles. The molecule has 3 aromatic carbocycles. The smallest absolute Gasteiger partial charge is 0.260 e. The number of benzene rings is 3. The minimum absolute atomic E-state index is 0.0252. The summed E-state index contributed by atoms with van der Waals surface area (Å²) in [6, 6.07) is 24.0. The Morgan fingerprint density at radius 2 is 1.80 bits per heavy atom. The van der Waals surface area contributed by atoms with Gasteiger partial charge in [0.15, 0.2) is 6.61 Å². The molecule has 0 saturated heterocycles. The summed E-state index contributed by atoms with van der Waals surface area (Å²) in [4.78, 5) is 17.7. The fourth-order valence-corrected chi connectivity index (χ4v) is 4.60. The Morgan fingerprint density at radius 1 is 0.971 bits per heavy atom. The normalized spacial score (nSPS) is 14.9. The van der Waals surface area contributed by atoms with Gasteiger partial charge in [-0.15, -0.1) is 0 Å². The maximum Gasteiger partial charge on any atom is 0.260 e. The van der Waals surface area contributed by atoms with E-state index in [1.807, 2.05) is 35.2 Å². The first-order chi connectivity index (χ1) is 17.1. The van der Waals surface area contributed by atoms with E-state index in [1.54, 1.807) is 13.2 Å². The van der Waals surface area contributed by atoms with Crippen molar-refractivity contribution < 1.29 is 14.3 Å². The predicted molar refractivity (Wildman–Crippen MR) is 143 cm³/mol. The number of anilines is 1. The number of nitrogens with zero attached hydrogens (tertiary/aromatic N) is 2. The minimum Gasteiger partial charge on any atom is -0.497 e. The lowest BCUT2D eigenvalue weighted by Gasteiger charge is -2.28. The van der Waals surface area contributed by atoms with Gasteiger partial charge in [0.1, 0.15) is 11.5 Å². The highest BCUT2D eigenvalue weighted by Gasteiger charge is 2.19. The van der Waals surface area contributed by atoms with E-state index in [0.29, 0.717) is 24.6 Å². The highest BCUT2D eigenvalue weighted by Crippen LogP contribution is 2.24. The Bertz CT molecular complexity index is 1110. The molecule has 3 aromatic rings. The van der Waals surface area contributed by atoms with Crippen LogP contribution >= 0.6 is 15.9 Å². The topological polar surface area (TPSA) is 54.0 Å². The molecule has 1 aliphatic heterocycles. The number of hydrogen-bond donors (Lipinski definition) is 1. The van der Waals surface area contributed by atoms with Gasteiger partial charge in [-0.3, -0.25) is 9.69 Å². The van der Waals surface area contributed by atoms with Gasteiger partial charge in [0.2, 0.25) is 0 Å². The number of amides is 1. The zero-order chi connectivity index (χ0) is 24.5. The van der Waals surface area contributed by atoms with E-state index in [1.165, 1.54) is 5.56 Å². The summed E-state index contributed by atoms with van der Waals surface area (Å²) in [5, 5.41) is 3.57. The van der Waals surface area contributed by atoms with Crippen LogP contribution in [0.3, 0.4) is 0 Å². The van der Waals surface area contributed by atoms with Crippen molar-refractivity contribution in [2.24, 2.45) is 0 Å². The number of halogens is 1. The van der Waals surface area contributed by atoms with E-state index < -0.39 is 0 Å². The summed E-state index contributed by atoms with van der Waals surface area (Å²) in [5.41, 5.74) is 3.43. The molecule has 0 fully saturated rings. The number of hydrogen-bond acceptors (Lipinski definition) is 5. The molecule has 0 saturated carbocycles. The summed E-state index contributed by atoms with van der Waals surface area (Å²) < 4.78 is 12.1. The standard InChI is InChI=1S/C28H32BrN3O3/c1-34-25-9-5-10-26(18-25)35-21-28(33)32-16-15-31(19-22-7-3-2-4-8-22)14-6-13-30-27-12-11-24(29)17-23(27)20-32/h2-5,7-12,17-18,30H,6,13-16,19-21H2,1H3. The van der Waals surface area contributed by atoms with Gasteiger partial charge in [-0.05, 0) is 47.9 Å². The van der Waals surface area contributed by atoms with E-state index >= 15 is 0 Å². The van der Waals surface area contributed by atoms with Crippen molar-refractivity contribution in [3.8, 4) is 11.5 Å². The SMILES string of the molecule is COc1cccc(OCC(=O)N2CCN(Cc3ccccc3)CCCNc3ccc(Br)cc3C2)c1. The van der Waals surface area contributed by atoms with Crippen LogP contribution in [0, 0.1) is 0 Å². The average molecular weight is 538 g/mol. The number of carbonyl (C=O) groups is 1. The van der Waals surface area contributed by atoms with Crippen molar-refractivity contribution in [1.82, 2.24) is 9.80 Å². The van der Waals surface area contributed by atoms with Crippen LogP contribution in [-0.4, -0.2) is 55.6 Å². The lowest BCUT2D eigenvalue weighted by atomic mass is 10.1. The first-order valence-electron chi connectivity index (χ1n) is 11.9. The second kappa shape index (κ2) is 12.6. The van der Waals surface area contributed by atoms with E-state index in [4.69, 9.17) is 9.47 Å². The lowest BCUT2D eigenvalue weighted by molar-refractivity contribution is -0.134. The van der Waals surface area contributed by atoms with Crippen molar-refractivity contribution in [3.63, 3.8) is 0 Å². The first-order valence-corrected chi connectivity index (χ1v) is 12.7. The molecule has 0 atom stereocenters. The molecule has 0 unspecified atom stereocenters. The molecule has 1 N–H and O–H groups in total. The first kappa shape index (κ1) is 25.1. The van der Waals surface area contributed by atoms with Crippen LogP contribution in [0.2, 0.25) is 0 Å². The third-order valence-electron chi connectivity index (χ3n) is 6.09. The highest BCUT2D eigenvalue weighted by molar-refractivity contribution is 9.10. The Hall–Kier alpha value is -3.03. The van der Waals surface area contributed by atoms with Crippen LogP contribution in [0.4, 0.5) is 5.69 Å². The van der Waals surface area contributed by atoms with Gasteiger partial charge in [-0.25, -0.2) is 0 Å². The highest BCUT2D eigenvalue weighted by atomic mass is 79.9. The summed E-state index contributed by atoms with van der Waals surface area (Å²) in [6.07, 6.45) is 1.02. The van der Waals surface area contributed by atoms with Crippen molar-refractivity contribution in [2.45, 2.75) is 19.5 Å². The average Bonchev–Trinajstić information content (AvgIpc) is 2.92. The molecule has 4 rings (SSSR count). The van der Waals surface area contributed by atoms with E-state index in [9.17, 15) is 4.79 Å². The van der Waals surface area contributed by atoms with Gasteiger partial charge >= 0.3 is 0 Å². The number of rotatable bonds is 6. The Balaban J connectivity index is 1.50. The third kappa shape index (κ3) is 7.47. The fourth-order valence-electron chi connectivity index (χ4n) is 4.19. The summed E-state index contributed by atoms with van der Waals surface area (Å²) >= 11 is 3.59. The third-order valence-corrected chi connectivity index (χ3v) is 6.58. The second-order valence-corrected chi connectivity index (χ2v) is 9.54. The molecule has 35 heavy (non-hydrogen) atoms. The van der Waals surface area contributed by atoms with Gasteiger partial charge in [0.25, 0.3) is 5.91 Å². The molecule has 1 heterocycles. The number of nitrogens with one attached hydrogen (secondary N) is 1. The number of methoxy groups -OCH3 is 1. The van der Waals surface area contributed by atoms with Crippen molar-refractivity contribution in [1.29, 1.82) is 0 Å². The number of carbonyl (C=O) groups excluding carboxylic acids is 1. The van der Waals surface area contributed by atoms with Crippen molar-refractivity contribution >= 4 is 27.5 Å². The molecule has 184 valence electrons. The number of fused-ring (bicyclic) bond motifs is 1. The largest absolute Gasteiger partial charge is 0.497 e. The van der Waals surface area contributed by atoms with E-state index in [-0.39, 0.29) is 12.5 Å². The van der Waals surface area contributed by atoms with Crippen LogP contribution in [0.25, 0.3) is 0 Å². The summed E-state index contributed by atoms with van der Waals surface area (Å²) in [5.74, 6) is 1.27. The predicted octanol–water partition coefficient (Wildman–Crippen LogP) is 5.18. The van der Waals surface area contributed by atoms with Crippen molar-refractivity contribution in [3.05, 3.63) is 88.4 Å². The molecule has 1 amide bonds. The van der Waals surface area contributed by atoms with Crippen LogP contribution < -0.4 is 14.8 Å². The Kier molecular flexibility index (Phi) is 9.03. The molecule has 0 spiro atoms. The minimum atomic E-state index is -0.0438. The van der Waals surface area contributed by atoms with Crippen LogP contribution in [0.1, 0.15) is 17.5 Å². The van der Waals surface area contributed by atoms with Gasteiger partial charge in [0.05, 0.1) is 7.11 Å². The number of ether oxygens (including phenoxy) is 2. The van der Waals surface area contributed by atoms with Crippen LogP contribution in [0.15, 0.2) is 77.3 Å². The molecule has 7 heteroatoms. The maximum absolute atomic E-state index is 13.4. The van der Waals surface area contributed by atoms with Gasteiger partial charge in [-0.1, -0.05) is 52.3 Å². The molecule has 6 nitrogen and oxygen atoms in total. The molecule has 0 radical (unpaired) electrons. The zero-order valence-electron chi connectivity index (χ0n) is 20.1. The molecule has 0 aromatic heterocycles. The zero-order valence-corrected chi connectivity index (χ0v) is 21.7. The van der Waals surface area contributed by atoms with Gasteiger partial charge in [-0.2, -0.15) is 0 Å². The lowest BCUT2D eigenvalue weighted by Crippen LogP contribution is -2.40.